The third-order valence-corrected chi connectivity index (χ3v) is 3.80. The summed E-state index contributed by atoms with van der Waals surface area (Å²) < 4.78 is 15.1. The Morgan fingerprint density at radius 2 is 1.95 bits per heavy atom. The molecule has 0 fully saturated rings. The normalized spacial score (nSPS) is 10.9. The van der Waals surface area contributed by atoms with Crippen LogP contribution in [0.4, 0.5) is 15.9 Å². The maximum atomic E-state index is 13.0. The maximum Gasteiger partial charge on any atom is 0.156 e. The first-order valence-electron chi connectivity index (χ1n) is 6.22. The fourth-order valence-corrected chi connectivity index (χ4v) is 2.73. The molecule has 0 aliphatic rings. The van der Waals surface area contributed by atoms with Crippen molar-refractivity contribution >= 4 is 33.1 Å². The Hall–Kier alpha value is -1.88. The van der Waals surface area contributed by atoms with E-state index < -0.39 is 0 Å². The van der Waals surface area contributed by atoms with E-state index in [2.05, 4.69) is 20.9 Å². The van der Waals surface area contributed by atoms with Gasteiger partial charge in [-0.3, -0.25) is 0 Å². The largest absolute Gasteiger partial charge is 0.328 e. The van der Waals surface area contributed by atoms with Gasteiger partial charge >= 0.3 is 0 Å². The van der Waals surface area contributed by atoms with Crippen molar-refractivity contribution in [3.8, 4) is 0 Å². The van der Waals surface area contributed by atoms with Crippen molar-refractivity contribution in [1.82, 2.24) is 9.38 Å². The van der Waals surface area contributed by atoms with E-state index in [-0.39, 0.29) is 5.82 Å². The van der Waals surface area contributed by atoms with Crippen LogP contribution < -0.4 is 4.90 Å². The maximum absolute atomic E-state index is 13.0. The minimum absolute atomic E-state index is 0.238. The first-order chi connectivity index (χ1) is 9.70. The second-order valence-corrected chi connectivity index (χ2v) is 5.04. The molecule has 0 aliphatic carbocycles. The first-order valence-corrected chi connectivity index (χ1v) is 7.34. The van der Waals surface area contributed by atoms with Crippen LogP contribution in [0.3, 0.4) is 0 Å². The topological polar surface area (TPSA) is 20.5 Å². The minimum Gasteiger partial charge on any atom is -0.328 e. The van der Waals surface area contributed by atoms with Crippen molar-refractivity contribution in [2.75, 3.05) is 11.9 Å². The van der Waals surface area contributed by atoms with E-state index in [0.29, 0.717) is 5.33 Å². The zero-order valence-electron chi connectivity index (χ0n) is 10.9. The summed E-state index contributed by atoms with van der Waals surface area (Å²) in [7, 11) is 1.93. The molecule has 0 amide bonds. The molecule has 3 nitrogen and oxygen atoms in total. The van der Waals surface area contributed by atoms with Crippen molar-refractivity contribution in [3.05, 3.63) is 60.2 Å². The molecule has 0 aliphatic heterocycles. The Balaban J connectivity index is 2.11. The summed E-state index contributed by atoms with van der Waals surface area (Å²) in [6.45, 7) is 0. The van der Waals surface area contributed by atoms with Crippen molar-refractivity contribution in [1.29, 1.82) is 0 Å². The number of hydrogen-bond acceptors (Lipinski definition) is 2. The Morgan fingerprint density at radius 1 is 1.20 bits per heavy atom. The van der Waals surface area contributed by atoms with Crippen LogP contribution >= 0.6 is 15.9 Å². The Labute approximate surface area is 124 Å². The van der Waals surface area contributed by atoms with Crippen LogP contribution in [0.15, 0.2) is 48.7 Å². The standard InChI is InChI=1S/C15H13BrFN3/c1-19(12-7-5-11(17)6-8-12)15-13(10-16)20-9-3-2-4-14(20)18-15/h2-9H,10H2,1H3. The SMILES string of the molecule is CN(c1ccc(F)cc1)c1nc2ccccn2c1CBr. The van der Waals surface area contributed by atoms with Crippen molar-refractivity contribution < 1.29 is 4.39 Å². The third kappa shape index (κ3) is 2.18. The van der Waals surface area contributed by atoms with E-state index in [4.69, 9.17) is 0 Å². The summed E-state index contributed by atoms with van der Waals surface area (Å²) in [5.74, 6) is 0.623. The number of alkyl halides is 1. The molecule has 0 atom stereocenters. The van der Waals surface area contributed by atoms with Gasteiger partial charge in [-0.05, 0) is 36.4 Å². The fraction of sp³-hybridized carbons (Fsp3) is 0.133. The van der Waals surface area contributed by atoms with Crippen molar-refractivity contribution in [3.63, 3.8) is 0 Å². The minimum atomic E-state index is -0.238. The first kappa shape index (κ1) is 13.1. The van der Waals surface area contributed by atoms with Gasteiger partial charge < -0.3 is 9.30 Å². The Bertz CT molecular complexity index is 736. The number of anilines is 2. The van der Waals surface area contributed by atoms with Crippen LogP contribution in [0, 0.1) is 5.82 Å². The molecule has 0 spiro atoms. The Kier molecular flexibility index (Phi) is 3.44. The molecule has 0 bridgehead atoms. The summed E-state index contributed by atoms with van der Waals surface area (Å²) >= 11 is 3.51. The monoisotopic (exact) mass is 333 g/mol. The molecule has 0 radical (unpaired) electrons. The van der Waals surface area contributed by atoms with Crippen LogP contribution in [-0.4, -0.2) is 16.4 Å². The molecular weight excluding hydrogens is 321 g/mol. The molecule has 2 aromatic heterocycles. The van der Waals surface area contributed by atoms with E-state index in [1.54, 1.807) is 12.1 Å². The second kappa shape index (κ2) is 5.25. The van der Waals surface area contributed by atoms with Gasteiger partial charge in [0.05, 0.1) is 5.69 Å². The lowest BCUT2D eigenvalue weighted by atomic mass is 10.3. The summed E-state index contributed by atoms with van der Waals surface area (Å²) in [6.07, 6.45) is 1.99. The molecule has 3 rings (SSSR count). The van der Waals surface area contributed by atoms with Crippen LogP contribution in [0.25, 0.3) is 5.65 Å². The third-order valence-electron chi connectivity index (χ3n) is 3.27. The van der Waals surface area contributed by atoms with Gasteiger partial charge in [-0.15, -0.1) is 0 Å². The second-order valence-electron chi connectivity index (χ2n) is 4.48. The molecule has 0 saturated carbocycles. The highest BCUT2D eigenvalue weighted by atomic mass is 79.9. The van der Waals surface area contributed by atoms with Gasteiger partial charge in [-0.1, -0.05) is 22.0 Å². The smallest absolute Gasteiger partial charge is 0.156 e. The summed E-state index contributed by atoms with van der Waals surface area (Å²) in [4.78, 5) is 6.61. The molecule has 0 unspecified atom stereocenters. The number of pyridine rings is 1. The predicted molar refractivity (Wildman–Crippen MR) is 82.3 cm³/mol. The van der Waals surface area contributed by atoms with Gasteiger partial charge in [-0.25, -0.2) is 9.37 Å². The van der Waals surface area contributed by atoms with Crippen molar-refractivity contribution in [2.24, 2.45) is 0 Å². The molecule has 102 valence electrons. The van der Waals surface area contributed by atoms with Gasteiger partial charge in [0.1, 0.15) is 11.5 Å². The number of rotatable bonds is 3. The van der Waals surface area contributed by atoms with Gasteiger partial charge in [0.15, 0.2) is 5.82 Å². The number of halogens is 2. The van der Waals surface area contributed by atoms with Crippen LogP contribution in [-0.2, 0) is 5.33 Å². The van der Waals surface area contributed by atoms with E-state index in [1.807, 2.05) is 40.7 Å². The van der Waals surface area contributed by atoms with Crippen LogP contribution in [0.2, 0.25) is 0 Å². The quantitative estimate of drug-likeness (QED) is 0.671. The van der Waals surface area contributed by atoms with E-state index in [0.717, 1.165) is 22.8 Å². The molecule has 3 aromatic rings. The number of hydrogen-bond donors (Lipinski definition) is 0. The molecule has 1 aromatic carbocycles. The van der Waals surface area contributed by atoms with Gasteiger partial charge in [-0.2, -0.15) is 0 Å². The predicted octanol–water partition coefficient (Wildman–Crippen LogP) is 4.14. The average molecular weight is 334 g/mol. The number of imidazole rings is 1. The van der Waals surface area contributed by atoms with Crippen LogP contribution in [0.1, 0.15) is 5.69 Å². The molecule has 5 heteroatoms. The van der Waals surface area contributed by atoms with Crippen LogP contribution in [0.5, 0.6) is 0 Å². The molecule has 0 N–H and O–H groups in total. The van der Waals surface area contributed by atoms with E-state index in [1.165, 1.54) is 12.1 Å². The lowest BCUT2D eigenvalue weighted by Gasteiger charge is -2.18. The number of nitrogens with zero attached hydrogens (tertiary/aromatic N) is 3. The number of benzene rings is 1. The van der Waals surface area contributed by atoms with Crippen molar-refractivity contribution in [2.45, 2.75) is 5.33 Å². The van der Waals surface area contributed by atoms with E-state index in [9.17, 15) is 4.39 Å². The molecular formula is C15H13BrFN3. The fourth-order valence-electron chi connectivity index (χ4n) is 2.21. The highest BCUT2D eigenvalue weighted by Gasteiger charge is 2.15. The highest BCUT2D eigenvalue weighted by Crippen LogP contribution is 2.28. The highest BCUT2D eigenvalue weighted by molar-refractivity contribution is 9.08. The molecule has 20 heavy (non-hydrogen) atoms. The van der Waals surface area contributed by atoms with E-state index >= 15 is 0 Å². The summed E-state index contributed by atoms with van der Waals surface area (Å²) in [5, 5.41) is 0.694. The summed E-state index contributed by atoms with van der Waals surface area (Å²) in [6, 6.07) is 12.3. The average Bonchev–Trinajstić information content (AvgIpc) is 2.85. The summed E-state index contributed by atoms with van der Waals surface area (Å²) in [5.41, 5.74) is 2.86. The zero-order valence-corrected chi connectivity index (χ0v) is 12.5. The van der Waals surface area contributed by atoms with Gasteiger partial charge in [0, 0.05) is 24.3 Å². The Morgan fingerprint density at radius 3 is 2.65 bits per heavy atom. The zero-order chi connectivity index (χ0) is 14.1. The number of fused-ring (bicyclic) bond motifs is 1. The molecule has 0 saturated heterocycles. The lowest BCUT2D eigenvalue weighted by molar-refractivity contribution is 0.628. The van der Waals surface area contributed by atoms with Gasteiger partial charge in [0.25, 0.3) is 0 Å². The lowest BCUT2D eigenvalue weighted by Crippen LogP contribution is -2.11. The molecule has 2 heterocycles. The number of aromatic nitrogens is 2. The van der Waals surface area contributed by atoms with Gasteiger partial charge in [0.2, 0.25) is 0 Å².